The highest BCUT2D eigenvalue weighted by Gasteiger charge is 2.16. The summed E-state index contributed by atoms with van der Waals surface area (Å²) >= 11 is 0. The van der Waals surface area contributed by atoms with Gasteiger partial charge >= 0.3 is 0 Å². The molecular formula is C20H20N6O2. The van der Waals surface area contributed by atoms with Gasteiger partial charge in [0.25, 0.3) is 0 Å². The van der Waals surface area contributed by atoms with Gasteiger partial charge in [-0.3, -0.25) is 19.1 Å². The fraction of sp³-hybridized carbons (Fsp3) is 0.200. The third-order valence-corrected chi connectivity index (χ3v) is 4.30. The Morgan fingerprint density at radius 1 is 1.18 bits per heavy atom. The van der Waals surface area contributed by atoms with Crippen LogP contribution in [0.1, 0.15) is 12.1 Å². The lowest BCUT2D eigenvalue weighted by molar-refractivity contribution is -0.116. The zero-order valence-corrected chi connectivity index (χ0v) is 15.7. The number of pyridine rings is 1. The summed E-state index contributed by atoms with van der Waals surface area (Å²) in [5.74, 6) is 1.56. The number of aryl methyl sites for hydroxylation is 3. The van der Waals surface area contributed by atoms with E-state index in [4.69, 9.17) is 4.74 Å². The van der Waals surface area contributed by atoms with Gasteiger partial charge in [0.05, 0.1) is 22.8 Å². The molecule has 0 unspecified atom stereocenters. The van der Waals surface area contributed by atoms with Gasteiger partial charge in [-0.2, -0.15) is 10.2 Å². The molecule has 8 nitrogen and oxygen atoms in total. The second-order valence-corrected chi connectivity index (χ2v) is 6.43. The van der Waals surface area contributed by atoms with Crippen molar-refractivity contribution in [3.8, 4) is 11.5 Å². The number of fused-ring (bicyclic) bond motifs is 1. The highest BCUT2D eigenvalue weighted by Crippen LogP contribution is 2.34. The summed E-state index contributed by atoms with van der Waals surface area (Å²) in [5.41, 5.74) is 1.78. The average molecular weight is 376 g/mol. The average Bonchev–Trinajstić information content (AvgIpc) is 3.25. The quantitative estimate of drug-likeness (QED) is 0.558. The normalized spacial score (nSPS) is 10.9. The molecule has 0 saturated carbocycles. The highest BCUT2D eigenvalue weighted by molar-refractivity contribution is 6.02. The van der Waals surface area contributed by atoms with Crippen LogP contribution in [0, 0.1) is 6.92 Å². The maximum absolute atomic E-state index is 12.5. The van der Waals surface area contributed by atoms with E-state index in [-0.39, 0.29) is 5.91 Å². The molecule has 0 fully saturated rings. The topological polar surface area (TPSA) is 86.9 Å². The number of ether oxygens (including phenoxy) is 1. The van der Waals surface area contributed by atoms with E-state index in [0.717, 1.165) is 16.6 Å². The molecular weight excluding hydrogens is 356 g/mol. The molecule has 0 aliphatic carbocycles. The first kappa shape index (κ1) is 17.7. The number of aromatic nitrogens is 5. The van der Waals surface area contributed by atoms with Gasteiger partial charge in [-0.15, -0.1) is 0 Å². The van der Waals surface area contributed by atoms with Crippen LogP contribution in [0.3, 0.4) is 0 Å². The summed E-state index contributed by atoms with van der Waals surface area (Å²) in [7, 11) is 1.83. The van der Waals surface area contributed by atoms with Crippen molar-refractivity contribution in [2.45, 2.75) is 19.9 Å². The van der Waals surface area contributed by atoms with E-state index in [1.54, 1.807) is 27.8 Å². The van der Waals surface area contributed by atoms with Crippen LogP contribution in [0.4, 0.5) is 5.82 Å². The van der Waals surface area contributed by atoms with Crippen molar-refractivity contribution in [2.75, 3.05) is 5.32 Å². The Labute approximate surface area is 161 Å². The minimum Gasteiger partial charge on any atom is -0.455 e. The van der Waals surface area contributed by atoms with Crippen LogP contribution < -0.4 is 10.1 Å². The number of nitrogens with one attached hydrogen (secondary N) is 1. The predicted octanol–water partition coefficient (Wildman–Crippen LogP) is 3.29. The Morgan fingerprint density at radius 2 is 2.07 bits per heavy atom. The van der Waals surface area contributed by atoms with E-state index in [0.29, 0.717) is 30.3 Å². The first-order chi connectivity index (χ1) is 13.6. The van der Waals surface area contributed by atoms with Gasteiger partial charge in [0, 0.05) is 32.4 Å². The second-order valence-electron chi connectivity index (χ2n) is 6.43. The van der Waals surface area contributed by atoms with Crippen LogP contribution in [0.25, 0.3) is 10.9 Å². The van der Waals surface area contributed by atoms with Gasteiger partial charge in [-0.1, -0.05) is 6.07 Å². The number of rotatable bonds is 6. The summed E-state index contributed by atoms with van der Waals surface area (Å²) in [4.78, 5) is 16.5. The van der Waals surface area contributed by atoms with Crippen molar-refractivity contribution >= 4 is 22.6 Å². The van der Waals surface area contributed by atoms with Crippen molar-refractivity contribution in [1.29, 1.82) is 0 Å². The largest absolute Gasteiger partial charge is 0.455 e. The molecule has 0 saturated heterocycles. The number of carbonyl (C=O) groups excluding carboxylic acids is 1. The predicted molar refractivity (Wildman–Crippen MR) is 105 cm³/mol. The summed E-state index contributed by atoms with van der Waals surface area (Å²) in [6.07, 6.45) is 5.48. The van der Waals surface area contributed by atoms with Crippen LogP contribution >= 0.6 is 0 Å². The number of hydrogen-bond acceptors (Lipinski definition) is 5. The molecule has 0 spiro atoms. The molecule has 1 aromatic carbocycles. The number of anilines is 1. The van der Waals surface area contributed by atoms with Crippen LogP contribution in [0.5, 0.6) is 11.5 Å². The maximum Gasteiger partial charge on any atom is 0.227 e. The molecule has 0 aliphatic rings. The number of nitrogens with zero attached hydrogens (tertiary/aromatic N) is 5. The number of amides is 1. The lowest BCUT2D eigenvalue weighted by Gasteiger charge is -2.08. The third-order valence-electron chi connectivity index (χ3n) is 4.30. The van der Waals surface area contributed by atoms with Gasteiger partial charge < -0.3 is 10.1 Å². The van der Waals surface area contributed by atoms with Crippen LogP contribution in [-0.4, -0.2) is 30.5 Å². The minimum absolute atomic E-state index is 0.135. The van der Waals surface area contributed by atoms with Crippen LogP contribution in [0.2, 0.25) is 0 Å². The Morgan fingerprint density at radius 3 is 2.82 bits per heavy atom. The van der Waals surface area contributed by atoms with Crippen molar-refractivity contribution < 1.29 is 9.53 Å². The lowest BCUT2D eigenvalue weighted by atomic mass is 10.2. The molecule has 1 amide bonds. The van der Waals surface area contributed by atoms with E-state index in [1.807, 2.05) is 50.5 Å². The minimum atomic E-state index is -0.135. The Hall–Kier alpha value is -3.68. The summed E-state index contributed by atoms with van der Waals surface area (Å²) < 4.78 is 9.45. The Bertz CT molecular complexity index is 1120. The zero-order valence-electron chi connectivity index (χ0n) is 15.7. The summed E-state index contributed by atoms with van der Waals surface area (Å²) in [6.45, 7) is 2.42. The van der Waals surface area contributed by atoms with Gasteiger partial charge in [0.15, 0.2) is 5.82 Å². The monoisotopic (exact) mass is 376 g/mol. The van der Waals surface area contributed by atoms with Crippen molar-refractivity contribution in [3.63, 3.8) is 0 Å². The third kappa shape index (κ3) is 3.71. The van der Waals surface area contributed by atoms with Crippen LogP contribution in [-0.2, 0) is 18.4 Å². The first-order valence-corrected chi connectivity index (χ1v) is 8.93. The molecule has 0 aliphatic heterocycles. The van der Waals surface area contributed by atoms with E-state index < -0.39 is 0 Å². The van der Waals surface area contributed by atoms with Crippen molar-refractivity contribution in [3.05, 3.63) is 60.7 Å². The van der Waals surface area contributed by atoms with E-state index in [1.165, 1.54) is 0 Å². The summed E-state index contributed by atoms with van der Waals surface area (Å²) in [5, 5.41) is 12.4. The second kappa shape index (κ2) is 7.51. The van der Waals surface area contributed by atoms with E-state index in [2.05, 4.69) is 20.5 Å². The lowest BCUT2D eigenvalue weighted by Crippen LogP contribution is -2.15. The number of benzene rings is 1. The summed E-state index contributed by atoms with van der Waals surface area (Å²) in [6, 6.07) is 11.2. The number of carbonyl (C=O) groups is 1. The zero-order chi connectivity index (χ0) is 19.5. The first-order valence-electron chi connectivity index (χ1n) is 8.93. The molecule has 4 aromatic rings. The van der Waals surface area contributed by atoms with Crippen molar-refractivity contribution in [2.24, 2.45) is 7.05 Å². The number of hydrogen-bond donors (Lipinski definition) is 1. The molecule has 0 bridgehead atoms. The molecule has 0 radical (unpaired) electrons. The van der Waals surface area contributed by atoms with E-state index in [9.17, 15) is 4.79 Å². The van der Waals surface area contributed by atoms with Crippen molar-refractivity contribution in [1.82, 2.24) is 24.5 Å². The Balaban J connectivity index is 1.57. The Kier molecular flexibility index (Phi) is 4.76. The molecule has 0 atom stereocenters. The molecule has 4 rings (SSSR count). The molecule has 142 valence electrons. The fourth-order valence-electron chi connectivity index (χ4n) is 2.99. The molecule has 8 heteroatoms. The highest BCUT2D eigenvalue weighted by atomic mass is 16.5. The van der Waals surface area contributed by atoms with Gasteiger partial charge in [-0.05, 0) is 37.3 Å². The van der Waals surface area contributed by atoms with E-state index >= 15 is 0 Å². The standard InChI is InChI=1S/C20H20N6O2/c1-14-8-11-26(23-14)12-9-18(27)22-20-19-16(25(2)24-20)6-3-7-17(19)28-15-5-4-10-21-13-15/h3-8,10-11,13H,9,12H2,1-2H3,(H,22,24,27). The van der Waals surface area contributed by atoms with Gasteiger partial charge in [-0.25, -0.2) is 0 Å². The smallest absolute Gasteiger partial charge is 0.227 e. The molecule has 1 N–H and O–H groups in total. The molecule has 28 heavy (non-hydrogen) atoms. The van der Waals surface area contributed by atoms with Crippen LogP contribution in [0.15, 0.2) is 55.0 Å². The van der Waals surface area contributed by atoms with Gasteiger partial charge in [0.1, 0.15) is 11.5 Å². The molecule has 3 heterocycles. The van der Waals surface area contributed by atoms with Gasteiger partial charge in [0.2, 0.25) is 5.91 Å². The maximum atomic E-state index is 12.5. The fourth-order valence-corrected chi connectivity index (χ4v) is 2.99. The SMILES string of the molecule is Cc1ccn(CCC(=O)Nc2nn(C)c3cccc(Oc4cccnc4)c23)n1. The molecule has 3 aromatic heterocycles.